The average Bonchev–Trinajstić information content (AvgIpc) is 3.32. The Kier molecular flexibility index (Phi) is 28.9. The Morgan fingerprint density at radius 2 is 0.671 bits per heavy atom. The Morgan fingerprint density at radius 3 is 0.934 bits per heavy atom. The predicted octanol–water partition coefficient (Wildman–Crippen LogP) is 8.08. The van der Waals surface area contributed by atoms with Gasteiger partial charge in [0.05, 0.1) is 35.6 Å². The molecule has 14 heteroatoms. The molecule has 0 aliphatic carbocycles. The van der Waals surface area contributed by atoms with E-state index < -0.39 is 97.0 Å². The van der Waals surface area contributed by atoms with E-state index in [-0.39, 0.29) is 11.8 Å². The summed E-state index contributed by atoms with van der Waals surface area (Å²) in [5.74, 6) is -0.445. The van der Waals surface area contributed by atoms with Crippen molar-refractivity contribution in [2.75, 3.05) is 13.2 Å². The van der Waals surface area contributed by atoms with Crippen molar-refractivity contribution >= 4 is 0 Å². The molecule has 2 heterocycles. The maximum Gasteiger partial charge on any atom is 0.187 e. The van der Waals surface area contributed by atoms with Gasteiger partial charge in [-0.3, -0.25) is 0 Å². The zero-order chi connectivity index (χ0) is 57.6. The van der Waals surface area contributed by atoms with Gasteiger partial charge in [-0.05, 0) is 123 Å². The number of aliphatic hydroxyl groups is 10. The van der Waals surface area contributed by atoms with Gasteiger partial charge in [-0.15, -0.1) is 0 Å². The highest BCUT2D eigenvalue weighted by Crippen LogP contribution is 2.34. The van der Waals surface area contributed by atoms with E-state index in [1.165, 1.54) is 0 Å². The van der Waals surface area contributed by atoms with Crippen LogP contribution in [0.2, 0.25) is 0 Å². The van der Waals surface area contributed by atoms with E-state index in [2.05, 4.69) is 12.2 Å². The van der Waals surface area contributed by atoms with Crippen molar-refractivity contribution in [2.24, 2.45) is 11.8 Å². The van der Waals surface area contributed by atoms with Crippen LogP contribution < -0.4 is 0 Å². The zero-order valence-electron chi connectivity index (χ0n) is 47.8. The second-order valence-electron chi connectivity index (χ2n) is 22.8. The van der Waals surface area contributed by atoms with E-state index in [1.54, 1.807) is 27.7 Å². The standard InChI is InChI=1S/C62H96O14/c1-41(23-17-25-43(3)27-19-29-45(5)31-33-47(61(11,12)71)35-37-59(7,8)75-57-55(69)53(67)51(65)49(39-63)73-57)21-15-16-22-42(2)24-18-26-44(4)28-20-30-46(6)32-34-48(62(13,14)72)36-38-60(9,10)76-58-56(70)54(68)52(66)50(40-64)74-58/h15-34,47-58,63-72H,35-40H2,1-14H3. The molecule has 2 aliphatic heterocycles. The van der Waals surface area contributed by atoms with Crippen LogP contribution in [0.25, 0.3) is 0 Å². The monoisotopic (exact) mass is 1060 g/mol. The summed E-state index contributed by atoms with van der Waals surface area (Å²) >= 11 is 0. The molecule has 0 amide bonds. The molecule has 2 rings (SSSR count). The first-order valence-electron chi connectivity index (χ1n) is 26.5. The molecule has 0 aromatic heterocycles. The smallest absolute Gasteiger partial charge is 0.187 e. The second-order valence-corrected chi connectivity index (χ2v) is 22.8. The SMILES string of the molecule is CC(C=CC=C(C)C=CC=C(C)C=CC(CCC(C)(C)OC1OC(CO)C(O)C(O)C1O)C(C)(C)O)=CC=CC=C(C)C=CC=C(C)C=CC=C(C)C=CC(CCC(C)(C)OC1OC(CO)C(O)C(O)C1O)C(C)(C)O. The molecule has 0 aromatic rings. The van der Waals surface area contributed by atoms with Gasteiger partial charge in [0.15, 0.2) is 12.6 Å². The Labute approximate surface area is 454 Å². The molecule has 12 atom stereocenters. The molecule has 14 nitrogen and oxygen atoms in total. The fourth-order valence-electron chi connectivity index (χ4n) is 8.14. The van der Waals surface area contributed by atoms with Crippen molar-refractivity contribution in [3.63, 3.8) is 0 Å². The molecule has 428 valence electrons. The van der Waals surface area contributed by atoms with Crippen LogP contribution in [-0.4, -0.2) is 148 Å². The molecule has 12 unspecified atom stereocenters. The van der Waals surface area contributed by atoms with E-state index in [0.717, 1.165) is 33.4 Å². The minimum absolute atomic E-state index is 0.222. The topological polar surface area (TPSA) is 239 Å². The predicted molar refractivity (Wildman–Crippen MR) is 302 cm³/mol. The van der Waals surface area contributed by atoms with E-state index in [1.807, 2.05) is 179 Å². The molecule has 2 saturated heterocycles. The van der Waals surface area contributed by atoms with Gasteiger partial charge in [-0.1, -0.05) is 155 Å². The molecular weight excluding hydrogens is 969 g/mol. The molecule has 2 fully saturated rings. The summed E-state index contributed by atoms with van der Waals surface area (Å²) in [4.78, 5) is 0. The summed E-state index contributed by atoms with van der Waals surface area (Å²) in [7, 11) is 0. The highest BCUT2D eigenvalue weighted by atomic mass is 16.7. The second kappa shape index (κ2) is 32.2. The van der Waals surface area contributed by atoms with E-state index in [9.17, 15) is 51.1 Å². The van der Waals surface area contributed by atoms with Crippen molar-refractivity contribution in [1.82, 2.24) is 0 Å². The highest BCUT2D eigenvalue weighted by molar-refractivity contribution is 5.34. The summed E-state index contributed by atoms with van der Waals surface area (Å²) in [5.41, 5.74) is 2.67. The number of ether oxygens (including phenoxy) is 4. The first kappa shape index (κ1) is 68.2. The third-order valence-electron chi connectivity index (χ3n) is 13.4. The minimum atomic E-state index is -1.52. The summed E-state index contributed by atoms with van der Waals surface area (Å²) in [6, 6.07) is 0. The van der Waals surface area contributed by atoms with Gasteiger partial charge < -0.3 is 70.0 Å². The summed E-state index contributed by atoms with van der Waals surface area (Å²) in [6.07, 6.45) is 28.9. The third-order valence-corrected chi connectivity index (χ3v) is 13.4. The molecular formula is C62H96O14. The van der Waals surface area contributed by atoms with Crippen molar-refractivity contribution in [3.05, 3.63) is 155 Å². The van der Waals surface area contributed by atoms with Crippen LogP contribution in [0.5, 0.6) is 0 Å². The number of aliphatic hydroxyl groups excluding tert-OH is 8. The minimum Gasteiger partial charge on any atom is -0.394 e. The molecule has 0 saturated carbocycles. The van der Waals surface area contributed by atoms with Gasteiger partial charge in [0.1, 0.15) is 48.8 Å². The lowest BCUT2D eigenvalue weighted by atomic mass is 9.83. The summed E-state index contributed by atoms with van der Waals surface area (Å²) < 4.78 is 23.1. The van der Waals surface area contributed by atoms with Crippen molar-refractivity contribution in [1.29, 1.82) is 0 Å². The Bertz CT molecular complexity index is 2030. The third kappa shape index (κ3) is 25.2. The Balaban J connectivity index is 1.89. The van der Waals surface area contributed by atoms with Crippen LogP contribution in [0.4, 0.5) is 0 Å². The van der Waals surface area contributed by atoms with Gasteiger partial charge in [-0.25, -0.2) is 0 Å². The lowest BCUT2D eigenvalue weighted by molar-refractivity contribution is -0.324. The summed E-state index contributed by atoms with van der Waals surface area (Å²) in [5, 5.41) is 102. The largest absolute Gasteiger partial charge is 0.394 e. The number of allylic oxidation sites excluding steroid dienone is 24. The number of rotatable bonds is 28. The first-order chi connectivity index (χ1) is 35.3. The Morgan fingerprint density at radius 1 is 0.408 bits per heavy atom. The number of hydrogen-bond donors (Lipinski definition) is 10. The maximum atomic E-state index is 11.0. The molecule has 0 bridgehead atoms. The average molecular weight is 1070 g/mol. The lowest BCUT2D eigenvalue weighted by Gasteiger charge is -2.43. The normalized spacial score (nSPS) is 28.1. The lowest BCUT2D eigenvalue weighted by Crippen LogP contribution is -2.60. The van der Waals surface area contributed by atoms with Gasteiger partial charge in [-0.2, -0.15) is 0 Å². The molecule has 2 aliphatic rings. The fraction of sp³-hybridized carbons (Fsp3) is 0.581. The Hall–Kier alpha value is -3.94. The molecule has 0 aromatic carbocycles. The quantitative estimate of drug-likeness (QED) is 0.0334. The highest BCUT2D eigenvalue weighted by Gasteiger charge is 2.47. The fourth-order valence-corrected chi connectivity index (χ4v) is 8.14. The van der Waals surface area contributed by atoms with Gasteiger partial charge >= 0.3 is 0 Å². The van der Waals surface area contributed by atoms with E-state index >= 15 is 0 Å². The molecule has 76 heavy (non-hydrogen) atoms. The van der Waals surface area contributed by atoms with Crippen LogP contribution in [-0.2, 0) is 18.9 Å². The zero-order valence-corrected chi connectivity index (χ0v) is 47.8. The van der Waals surface area contributed by atoms with Crippen LogP contribution in [0.3, 0.4) is 0 Å². The van der Waals surface area contributed by atoms with E-state index in [4.69, 9.17) is 18.9 Å². The van der Waals surface area contributed by atoms with Crippen LogP contribution in [0, 0.1) is 11.8 Å². The van der Waals surface area contributed by atoms with Gasteiger partial charge in [0.25, 0.3) is 0 Å². The molecule has 0 radical (unpaired) electrons. The van der Waals surface area contributed by atoms with E-state index in [0.29, 0.717) is 25.7 Å². The van der Waals surface area contributed by atoms with Crippen molar-refractivity contribution in [2.45, 2.75) is 206 Å². The van der Waals surface area contributed by atoms with Crippen molar-refractivity contribution in [3.8, 4) is 0 Å². The van der Waals surface area contributed by atoms with Crippen LogP contribution in [0.1, 0.15) is 123 Å². The molecule has 0 spiro atoms. The summed E-state index contributed by atoms with van der Waals surface area (Å²) in [6.45, 7) is 25.4. The van der Waals surface area contributed by atoms with Gasteiger partial charge in [0, 0.05) is 11.8 Å². The first-order valence-corrected chi connectivity index (χ1v) is 26.5. The van der Waals surface area contributed by atoms with Gasteiger partial charge in [0.2, 0.25) is 0 Å². The van der Waals surface area contributed by atoms with Crippen LogP contribution in [0.15, 0.2) is 155 Å². The molecule has 10 N–H and O–H groups in total. The van der Waals surface area contributed by atoms with Crippen molar-refractivity contribution < 1.29 is 70.0 Å². The maximum absolute atomic E-state index is 11.0. The number of hydrogen-bond acceptors (Lipinski definition) is 14. The van der Waals surface area contributed by atoms with Crippen LogP contribution >= 0.6 is 0 Å².